The molecule has 0 saturated carbocycles. The smallest absolute Gasteiger partial charge is 0.373 e. The van der Waals surface area contributed by atoms with E-state index in [4.69, 9.17) is 13.3 Å². The topological polar surface area (TPSA) is 27.7 Å². The summed E-state index contributed by atoms with van der Waals surface area (Å²) in [5.41, 5.74) is 0.462. The summed E-state index contributed by atoms with van der Waals surface area (Å²) in [4.78, 5) is 0. The van der Waals surface area contributed by atoms with Gasteiger partial charge in [-0.25, -0.2) is 8.78 Å². The molecule has 1 aromatic carbocycles. The Labute approximate surface area is 139 Å². The molecule has 0 aliphatic rings. The fourth-order valence-electron chi connectivity index (χ4n) is 2.13. The molecule has 0 radical (unpaired) electrons. The van der Waals surface area contributed by atoms with Crippen molar-refractivity contribution >= 4 is 8.80 Å². The molecule has 0 aliphatic heterocycles. The minimum absolute atomic E-state index is 0.412. The largest absolute Gasteiger partial charge is 0.501 e. The van der Waals surface area contributed by atoms with Crippen molar-refractivity contribution in [3.05, 3.63) is 35.4 Å². The Hall–Kier alpha value is -0.823. The molecule has 0 amide bonds. The number of hydrogen-bond donors (Lipinski definition) is 0. The predicted molar refractivity (Wildman–Crippen MR) is 89.4 cm³/mol. The Kier molecular flexibility index (Phi) is 9.55. The molecule has 0 spiro atoms. The molecule has 23 heavy (non-hydrogen) atoms. The van der Waals surface area contributed by atoms with Crippen LogP contribution >= 0.6 is 0 Å². The maximum atomic E-state index is 13.8. The standard InChI is InChI=1S/C17H28F2O3Si/c1-4-10-20-23(21-11-5-2,22-12-6-3)13-9-15-7-8-16(18)14-17(15)19/h7-8,14H,4-6,9-13H2,1-3H3. The first-order chi connectivity index (χ1) is 11.1. The van der Waals surface area contributed by atoms with E-state index >= 15 is 0 Å². The van der Waals surface area contributed by atoms with Crippen LogP contribution in [-0.4, -0.2) is 28.6 Å². The summed E-state index contributed by atoms with van der Waals surface area (Å²) in [6, 6.07) is 4.15. The maximum absolute atomic E-state index is 13.8. The van der Waals surface area contributed by atoms with Gasteiger partial charge < -0.3 is 13.3 Å². The molecule has 0 aromatic heterocycles. The van der Waals surface area contributed by atoms with Crippen molar-refractivity contribution in [2.45, 2.75) is 52.5 Å². The van der Waals surface area contributed by atoms with Gasteiger partial charge in [-0.15, -0.1) is 0 Å². The van der Waals surface area contributed by atoms with Crippen molar-refractivity contribution in [1.82, 2.24) is 0 Å². The molecule has 0 N–H and O–H groups in total. The highest BCUT2D eigenvalue weighted by molar-refractivity contribution is 6.60. The Bertz CT molecular complexity index is 436. The molecular formula is C17H28F2O3Si. The van der Waals surface area contributed by atoms with Crippen LogP contribution in [-0.2, 0) is 19.7 Å². The molecule has 6 heteroatoms. The monoisotopic (exact) mass is 346 g/mol. The van der Waals surface area contributed by atoms with E-state index in [9.17, 15) is 8.78 Å². The van der Waals surface area contributed by atoms with E-state index in [1.54, 1.807) is 0 Å². The zero-order valence-corrected chi connectivity index (χ0v) is 15.4. The number of halogens is 2. The van der Waals surface area contributed by atoms with Crippen molar-refractivity contribution in [3.8, 4) is 0 Å². The number of rotatable bonds is 12. The SMILES string of the molecule is CCCO[Si](CCc1ccc(F)cc1F)(OCCC)OCCC. The van der Waals surface area contributed by atoms with E-state index < -0.39 is 20.4 Å². The second-order valence-corrected chi connectivity index (χ2v) is 8.20. The molecule has 132 valence electrons. The Morgan fingerprint density at radius 2 is 1.39 bits per heavy atom. The molecule has 1 rings (SSSR count). The zero-order valence-electron chi connectivity index (χ0n) is 14.4. The Morgan fingerprint density at radius 1 is 0.870 bits per heavy atom. The van der Waals surface area contributed by atoms with Crippen LogP contribution in [0.5, 0.6) is 0 Å². The summed E-state index contributed by atoms with van der Waals surface area (Å²) in [6.07, 6.45) is 3.01. The van der Waals surface area contributed by atoms with Crippen LogP contribution in [0.2, 0.25) is 6.04 Å². The number of aryl methyl sites for hydroxylation is 1. The summed E-state index contributed by atoms with van der Waals surface area (Å²) in [5, 5.41) is 0. The third-order valence-corrected chi connectivity index (χ3v) is 6.09. The van der Waals surface area contributed by atoms with E-state index in [-0.39, 0.29) is 0 Å². The third kappa shape index (κ3) is 7.08. The van der Waals surface area contributed by atoms with Gasteiger partial charge in [0.05, 0.1) is 0 Å². The average molecular weight is 346 g/mol. The molecule has 0 aliphatic carbocycles. The molecule has 1 aromatic rings. The van der Waals surface area contributed by atoms with Gasteiger partial charge in [0.15, 0.2) is 0 Å². The zero-order chi connectivity index (χ0) is 17.1. The lowest BCUT2D eigenvalue weighted by atomic mass is 10.1. The summed E-state index contributed by atoms with van der Waals surface area (Å²) in [5.74, 6) is -1.10. The highest BCUT2D eigenvalue weighted by Gasteiger charge is 2.40. The normalized spacial score (nSPS) is 11.9. The van der Waals surface area contributed by atoms with Gasteiger partial charge in [0.25, 0.3) is 0 Å². The van der Waals surface area contributed by atoms with Gasteiger partial charge in [-0.2, -0.15) is 0 Å². The quantitative estimate of drug-likeness (QED) is 0.512. The van der Waals surface area contributed by atoms with Gasteiger partial charge in [0, 0.05) is 31.9 Å². The summed E-state index contributed by atoms with van der Waals surface area (Å²) >= 11 is 0. The highest BCUT2D eigenvalue weighted by Crippen LogP contribution is 2.22. The highest BCUT2D eigenvalue weighted by atomic mass is 28.4. The lowest BCUT2D eigenvalue weighted by Gasteiger charge is -2.29. The lowest BCUT2D eigenvalue weighted by molar-refractivity contribution is 0.0593. The van der Waals surface area contributed by atoms with Crippen LogP contribution in [0.4, 0.5) is 8.78 Å². The molecule has 0 atom stereocenters. The first-order valence-corrected chi connectivity index (χ1v) is 10.4. The van der Waals surface area contributed by atoms with Gasteiger partial charge in [-0.05, 0) is 37.3 Å². The maximum Gasteiger partial charge on any atom is 0.501 e. The molecule has 0 saturated heterocycles. The van der Waals surface area contributed by atoms with Crippen LogP contribution in [0.3, 0.4) is 0 Å². The van der Waals surface area contributed by atoms with Crippen LogP contribution in [0.25, 0.3) is 0 Å². The van der Waals surface area contributed by atoms with E-state index in [0.717, 1.165) is 25.3 Å². The van der Waals surface area contributed by atoms with Crippen molar-refractivity contribution < 1.29 is 22.1 Å². The molecule has 0 fully saturated rings. The summed E-state index contributed by atoms with van der Waals surface area (Å²) in [7, 11) is -2.84. The van der Waals surface area contributed by atoms with Crippen LogP contribution in [0.1, 0.15) is 45.6 Å². The molecular weight excluding hydrogens is 318 g/mol. The Balaban J connectivity index is 2.82. The molecule has 0 unspecified atom stereocenters. The van der Waals surface area contributed by atoms with Gasteiger partial charge in [-0.3, -0.25) is 0 Å². The second-order valence-electron chi connectivity index (χ2n) is 5.46. The van der Waals surface area contributed by atoms with Crippen molar-refractivity contribution in [2.75, 3.05) is 19.8 Å². The van der Waals surface area contributed by atoms with Gasteiger partial charge >= 0.3 is 8.80 Å². The van der Waals surface area contributed by atoms with E-state index in [0.29, 0.717) is 37.8 Å². The number of benzene rings is 1. The van der Waals surface area contributed by atoms with Crippen molar-refractivity contribution in [2.24, 2.45) is 0 Å². The first-order valence-electron chi connectivity index (χ1n) is 8.42. The van der Waals surface area contributed by atoms with Crippen molar-refractivity contribution in [3.63, 3.8) is 0 Å². The average Bonchev–Trinajstić information content (AvgIpc) is 2.55. The molecule has 3 nitrogen and oxygen atoms in total. The van der Waals surface area contributed by atoms with E-state index in [2.05, 4.69) is 0 Å². The first kappa shape index (κ1) is 20.2. The van der Waals surface area contributed by atoms with Gasteiger partial charge in [0.2, 0.25) is 0 Å². The molecule has 0 bridgehead atoms. The Morgan fingerprint density at radius 3 is 1.83 bits per heavy atom. The van der Waals surface area contributed by atoms with Crippen LogP contribution in [0, 0.1) is 11.6 Å². The van der Waals surface area contributed by atoms with Crippen LogP contribution < -0.4 is 0 Å². The minimum atomic E-state index is -2.84. The fraction of sp³-hybridized carbons (Fsp3) is 0.647. The third-order valence-electron chi connectivity index (χ3n) is 3.29. The molecule has 0 heterocycles. The van der Waals surface area contributed by atoms with E-state index in [1.807, 2.05) is 20.8 Å². The van der Waals surface area contributed by atoms with Gasteiger partial charge in [0.1, 0.15) is 11.6 Å². The predicted octanol–water partition coefficient (Wildman–Crippen LogP) is 4.73. The number of hydrogen-bond acceptors (Lipinski definition) is 3. The summed E-state index contributed by atoms with van der Waals surface area (Å²) in [6.45, 7) is 7.76. The minimum Gasteiger partial charge on any atom is -0.373 e. The van der Waals surface area contributed by atoms with Crippen molar-refractivity contribution in [1.29, 1.82) is 0 Å². The lowest BCUT2D eigenvalue weighted by Crippen LogP contribution is -2.47. The second kappa shape index (κ2) is 10.9. The van der Waals surface area contributed by atoms with Crippen LogP contribution in [0.15, 0.2) is 18.2 Å². The fourth-order valence-corrected chi connectivity index (χ4v) is 4.93. The van der Waals surface area contributed by atoms with Gasteiger partial charge in [-0.1, -0.05) is 26.8 Å². The summed E-state index contributed by atoms with van der Waals surface area (Å²) < 4.78 is 44.7. The van der Waals surface area contributed by atoms with E-state index in [1.165, 1.54) is 12.1 Å².